The summed E-state index contributed by atoms with van der Waals surface area (Å²) >= 11 is 0. The quantitative estimate of drug-likeness (QED) is 0.786. The summed E-state index contributed by atoms with van der Waals surface area (Å²) in [5.74, 6) is 0.903. The van der Waals surface area contributed by atoms with Crippen LogP contribution in [-0.4, -0.2) is 60.0 Å². The molecule has 0 atom stereocenters. The molecule has 2 aliphatic heterocycles. The van der Waals surface area contributed by atoms with Crippen LogP contribution in [0, 0.1) is 0 Å². The number of carbonyl (C=O) groups is 1. The van der Waals surface area contributed by atoms with E-state index in [1.807, 2.05) is 11.0 Å². The SMILES string of the molecule is O=C(c1ccccc1C(F)(F)F)N1CCN(c2ccnc(N3CCCC3)n2)CC1. The maximum atomic E-state index is 13.2. The van der Waals surface area contributed by atoms with Gasteiger partial charge in [-0.05, 0) is 31.0 Å². The third-order valence-electron chi connectivity index (χ3n) is 5.37. The Morgan fingerprint density at radius 2 is 1.59 bits per heavy atom. The molecule has 0 spiro atoms. The highest BCUT2D eigenvalue weighted by molar-refractivity contribution is 5.96. The first-order valence-electron chi connectivity index (χ1n) is 9.72. The maximum absolute atomic E-state index is 13.2. The Morgan fingerprint density at radius 1 is 0.897 bits per heavy atom. The predicted molar refractivity (Wildman–Crippen MR) is 103 cm³/mol. The minimum atomic E-state index is -4.55. The highest BCUT2D eigenvalue weighted by atomic mass is 19.4. The number of hydrogen-bond donors (Lipinski definition) is 0. The van der Waals surface area contributed by atoms with Gasteiger partial charge in [-0.3, -0.25) is 4.79 Å². The highest BCUT2D eigenvalue weighted by Crippen LogP contribution is 2.32. The van der Waals surface area contributed by atoms with E-state index in [0.717, 1.165) is 37.8 Å². The molecule has 0 unspecified atom stereocenters. The summed E-state index contributed by atoms with van der Waals surface area (Å²) in [4.78, 5) is 27.4. The van der Waals surface area contributed by atoms with Gasteiger partial charge >= 0.3 is 6.18 Å². The number of aromatic nitrogens is 2. The lowest BCUT2D eigenvalue weighted by Crippen LogP contribution is -2.49. The summed E-state index contributed by atoms with van der Waals surface area (Å²) in [6, 6.07) is 6.77. The Labute approximate surface area is 167 Å². The number of rotatable bonds is 3. The van der Waals surface area contributed by atoms with Crippen LogP contribution < -0.4 is 9.80 Å². The van der Waals surface area contributed by atoms with Crippen molar-refractivity contribution in [2.75, 3.05) is 49.1 Å². The van der Waals surface area contributed by atoms with Gasteiger partial charge in [0.1, 0.15) is 5.82 Å². The van der Waals surface area contributed by atoms with Crippen molar-refractivity contribution in [3.05, 3.63) is 47.7 Å². The summed E-state index contributed by atoms with van der Waals surface area (Å²) in [6.45, 7) is 3.60. The van der Waals surface area contributed by atoms with Crippen LogP contribution in [-0.2, 0) is 6.18 Å². The van der Waals surface area contributed by atoms with Gasteiger partial charge < -0.3 is 14.7 Å². The summed E-state index contributed by atoms with van der Waals surface area (Å²) < 4.78 is 39.7. The number of benzene rings is 1. The Bertz CT molecular complexity index is 874. The zero-order valence-electron chi connectivity index (χ0n) is 15.9. The Morgan fingerprint density at radius 3 is 2.28 bits per heavy atom. The smallest absolute Gasteiger partial charge is 0.353 e. The van der Waals surface area contributed by atoms with Gasteiger partial charge in [-0.15, -0.1) is 0 Å². The number of hydrogen-bond acceptors (Lipinski definition) is 5. The van der Waals surface area contributed by atoms with Gasteiger partial charge in [0.2, 0.25) is 5.95 Å². The lowest BCUT2D eigenvalue weighted by atomic mass is 10.1. The van der Waals surface area contributed by atoms with Crippen LogP contribution in [0.5, 0.6) is 0 Å². The molecular weight excluding hydrogens is 383 g/mol. The minimum absolute atomic E-state index is 0.299. The molecule has 2 saturated heterocycles. The van der Waals surface area contributed by atoms with Gasteiger partial charge in [-0.2, -0.15) is 18.2 Å². The lowest BCUT2D eigenvalue weighted by Gasteiger charge is -2.36. The van der Waals surface area contributed by atoms with Crippen LogP contribution in [0.3, 0.4) is 0 Å². The molecule has 2 aromatic rings. The molecule has 154 valence electrons. The molecule has 1 aromatic heterocycles. The van der Waals surface area contributed by atoms with Crippen LogP contribution in [0.15, 0.2) is 36.5 Å². The van der Waals surface area contributed by atoms with Crippen LogP contribution >= 0.6 is 0 Å². The van der Waals surface area contributed by atoms with Crippen LogP contribution in [0.2, 0.25) is 0 Å². The first-order valence-corrected chi connectivity index (χ1v) is 9.72. The second-order valence-corrected chi connectivity index (χ2v) is 7.23. The predicted octanol–water partition coefficient (Wildman–Crippen LogP) is 3.06. The van der Waals surface area contributed by atoms with E-state index >= 15 is 0 Å². The standard InChI is InChI=1S/C20H22F3N5O/c21-20(22,23)16-6-2-1-5-15(16)18(29)27-13-11-26(12-14-27)17-7-8-24-19(25-17)28-9-3-4-10-28/h1-2,5-8H,3-4,9-14H2. The summed E-state index contributed by atoms with van der Waals surface area (Å²) in [6.07, 6.45) is -0.560. The second kappa shape index (κ2) is 7.88. The van der Waals surface area contributed by atoms with Gasteiger partial charge in [0, 0.05) is 45.5 Å². The summed E-state index contributed by atoms with van der Waals surface area (Å²) in [5, 5.41) is 0. The van der Waals surface area contributed by atoms with Crippen molar-refractivity contribution in [3.8, 4) is 0 Å². The van der Waals surface area contributed by atoms with Crippen LogP contribution in [0.25, 0.3) is 0 Å². The third-order valence-corrected chi connectivity index (χ3v) is 5.37. The Balaban J connectivity index is 1.44. The second-order valence-electron chi connectivity index (χ2n) is 7.23. The largest absolute Gasteiger partial charge is 0.417 e. The fraction of sp³-hybridized carbons (Fsp3) is 0.450. The lowest BCUT2D eigenvalue weighted by molar-refractivity contribution is -0.138. The van der Waals surface area contributed by atoms with E-state index in [1.165, 1.54) is 23.1 Å². The molecule has 0 radical (unpaired) electrons. The van der Waals surface area contributed by atoms with Crippen molar-refractivity contribution in [2.24, 2.45) is 0 Å². The van der Waals surface area contributed by atoms with E-state index in [-0.39, 0.29) is 5.56 Å². The number of amides is 1. The number of alkyl halides is 3. The van der Waals surface area contributed by atoms with Gasteiger partial charge in [0.15, 0.2) is 0 Å². The molecule has 0 aliphatic carbocycles. The number of piperazine rings is 1. The fourth-order valence-corrected chi connectivity index (χ4v) is 3.81. The highest BCUT2D eigenvalue weighted by Gasteiger charge is 2.36. The molecule has 3 heterocycles. The Kier molecular flexibility index (Phi) is 5.29. The zero-order valence-corrected chi connectivity index (χ0v) is 15.9. The zero-order chi connectivity index (χ0) is 20.4. The van der Waals surface area contributed by atoms with Crippen molar-refractivity contribution < 1.29 is 18.0 Å². The monoisotopic (exact) mass is 405 g/mol. The molecule has 29 heavy (non-hydrogen) atoms. The molecule has 2 fully saturated rings. The van der Waals surface area contributed by atoms with E-state index in [1.54, 1.807) is 6.20 Å². The van der Waals surface area contributed by atoms with Gasteiger partial charge in [0.05, 0.1) is 11.1 Å². The van der Waals surface area contributed by atoms with Gasteiger partial charge in [-0.1, -0.05) is 12.1 Å². The molecule has 9 heteroatoms. The van der Waals surface area contributed by atoms with E-state index in [2.05, 4.69) is 14.9 Å². The van der Waals surface area contributed by atoms with Gasteiger partial charge in [-0.25, -0.2) is 4.98 Å². The number of nitrogens with zero attached hydrogens (tertiary/aromatic N) is 5. The van der Waals surface area contributed by atoms with Crippen molar-refractivity contribution in [1.82, 2.24) is 14.9 Å². The van der Waals surface area contributed by atoms with Crippen molar-refractivity contribution in [2.45, 2.75) is 19.0 Å². The van der Waals surface area contributed by atoms with Crippen molar-refractivity contribution >= 4 is 17.7 Å². The van der Waals surface area contributed by atoms with E-state index in [4.69, 9.17) is 0 Å². The third kappa shape index (κ3) is 4.13. The average Bonchev–Trinajstić information content (AvgIpc) is 3.28. The average molecular weight is 405 g/mol. The van der Waals surface area contributed by atoms with Gasteiger partial charge in [0.25, 0.3) is 5.91 Å². The summed E-state index contributed by atoms with van der Waals surface area (Å²) in [5.41, 5.74) is -1.19. The molecule has 2 aliphatic rings. The number of anilines is 2. The molecule has 0 saturated carbocycles. The first-order chi connectivity index (χ1) is 13.9. The molecule has 1 amide bonds. The van der Waals surface area contributed by atoms with Crippen LogP contribution in [0.4, 0.5) is 24.9 Å². The van der Waals surface area contributed by atoms with E-state index in [0.29, 0.717) is 32.1 Å². The van der Waals surface area contributed by atoms with E-state index < -0.39 is 17.6 Å². The van der Waals surface area contributed by atoms with Crippen molar-refractivity contribution in [1.29, 1.82) is 0 Å². The maximum Gasteiger partial charge on any atom is 0.417 e. The Hall–Kier alpha value is -2.84. The topological polar surface area (TPSA) is 52.6 Å². The van der Waals surface area contributed by atoms with Crippen LogP contribution in [0.1, 0.15) is 28.8 Å². The molecule has 6 nitrogen and oxygen atoms in total. The molecule has 0 bridgehead atoms. The molecule has 4 rings (SSSR count). The molecular formula is C20H22F3N5O. The van der Waals surface area contributed by atoms with Crippen molar-refractivity contribution in [3.63, 3.8) is 0 Å². The normalized spacial score (nSPS) is 17.7. The minimum Gasteiger partial charge on any atom is -0.353 e. The molecule has 1 aromatic carbocycles. The molecule has 0 N–H and O–H groups in total. The van der Waals surface area contributed by atoms with E-state index in [9.17, 15) is 18.0 Å². The number of halogens is 3. The fourth-order valence-electron chi connectivity index (χ4n) is 3.81. The number of carbonyl (C=O) groups excluding carboxylic acids is 1. The first kappa shape index (κ1) is 19.5. The summed E-state index contributed by atoms with van der Waals surface area (Å²) in [7, 11) is 0.